The molecule has 0 bridgehead atoms. The number of allylic oxidation sites excluding steroid dienone is 1. The van der Waals surface area contributed by atoms with Gasteiger partial charge in [0.1, 0.15) is 10.1 Å². The van der Waals surface area contributed by atoms with Gasteiger partial charge in [-0.3, -0.25) is 0 Å². The largest absolute Gasteiger partial charge is 0.421 e. The molecule has 1 aliphatic rings. The molecule has 1 amide bonds. The van der Waals surface area contributed by atoms with Gasteiger partial charge in [0.2, 0.25) is 0 Å². The molecule has 0 atom stereocenters. The quantitative estimate of drug-likeness (QED) is 0.486. The van der Waals surface area contributed by atoms with Gasteiger partial charge in [0.05, 0.1) is 17.0 Å². The number of pyridine rings is 1. The molecule has 0 aliphatic carbocycles. The van der Waals surface area contributed by atoms with Crippen molar-refractivity contribution in [2.75, 3.05) is 10.2 Å². The third-order valence-electron chi connectivity index (χ3n) is 2.86. The summed E-state index contributed by atoms with van der Waals surface area (Å²) in [6, 6.07) is 3.34. The van der Waals surface area contributed by atoms with Crippen LogP contribution in [0.25, 0.3) is 0 Å². The molecule has 0 spiro atoms. The van der Waals surface area contributed by atoms with Crippen molar-refractivity contribution in [3.05, 3.63) is 29.6 Å². The standard InChI is InChI=1S/C13H14ClN3O2S/c1-7(2)19-12(18)17-10-8(5-6-9(14)16-10)15-11(20)13(17,3)4/h5-6H,1H2,2-4H3,(H,15,20). The summed E-state index contributed by atoms with van der Waals surface area (Å²) in [5, 5.41) is 3.33. The first-order valence-corrected chi connectivity index (χ1v) is 6.67. The highest BCUT2D eigenvalue weighted by molar-refractivity contribution is 7.80. The van der Waals surface area contributed by atoms with Gasteiger partial charge >= 0.3 is 6.09 Å². The minimum atomic E-state index is -0.785. The molecule has 0 saturated carbocycles. The van der Waals surface area contributed by atoms with E-state index in [-0.39, 0.29) is 5.15 Å². The van der Waals surface area contributed by atoms with Gasteiger partial charge in [-0.1, -0.05) is 30.4 Å². The van der Waals surface area contributed by atoms with Crippen molar-refractivity contribution in [3.8, 4) is 0 Å². The van der Waals surface area contributed by atoms with E-state index >= 15 is 0 Å². The van der Waals surface area contributed by atoms with Crippen LogP contribution in [0.1, 0.15) is 20.8 Å². The summed E-state index contributed by atoms with van der Waals surface area (Å²) < 4.78 is 5.09. The van der Waals surface area contributed by atoms with Gasteiger partial charge in [-0.25, -0.2) is 14.7 Å². The number of anilines is 2. The average Bonchev–Trinajstić information content (AvgIpc) is 2.29. The molecule has 1 aliphatic heterocycles. The first kappa shape index (κ1) is 14.7. The van der Waals surface area contributed by atoms with E-state index in [1.165, 1.54) is 4.90 Å². The number of amides is 1. The van der Waals surface area contributed by atoms with Crippen molar-refractivity contribution >= 4 is 46.4 Å². The van der Waals surface area contributed by atoms with E-state index in [4.69, 9.17) is 28.6 Å². The first-order valence-electron chi connectivity index (χ1n) is 5.89. The fourth-order valence-corrected chi connectivity index (χ4v) is 2.19. The van der Waals surface area contributed by atoms with Crippen LogP contribution in [0.3, 0.4) is 0 Å². The molecule has 1 aromatic heterocycles. The maximum Gasteiger partial charge on any atom is 0.421 e. The van der Waals surface area contributed by atoms with Crippen LogP contribution in [-0.4, -0.2) is 21.6 Å². The van der Waals surface area contributed by atoms with Crippen molar-refractivity contribution in [2.24, 2.45) is 0 Å². The number of carbonyl (C=O) groups is 1. The molecular weight excluding hydrogens is 298 g/mol. The number of nitrogens with zero attached hydrogens (tertiary/aromatic N) is 2. The van der Waals surface area contributed by atoms with Crippen LogP contribution in [0.5, 0.6) is 0 Å². The number of hydrogen-bond donors (Lipinski definition) is 1. The summed E-state index contributed by atoms with van der Waals surface area (Å²) >= 11 is 11.2. The smallest absolute Gasteiger partial charge is 0.415 e. The minimum absolute atomic E-state index is 0.280. The van der Waals surface area contributed by atoms with Gasteiger partial charge in [0.15, 0.2) is 5.82 Å². The van der Waals surface area contributed by atoms with Crippen LogP contribution in [0.2, 0.25) is 5.15 Å². The molecule has 1 aromatic rings. The summed E-state index contributed by atoms with van der Waals surface area (Å²) in [6.07, 6.45) is -0.595. The predicted molar refractivity (Wildman–Crippen MR) is 83.3 cm³/mol. The number of nitrogens with one attached hydrogen (secondary N) is 1. The number of rotatable bonds is 1. The summed E-state index contributed by atoms with van der Waals surface area (Å²) in [5.74, 6) is 0.668. The lowest BCUT2D eigenvalue weighted by Gasteiger charge is -2.42. The Morgan fingerprint density at radius 3 is 2.80 bits per heavy atom. The third kappa shape index (κ3) is 2.48. The number of aromatic nitrogens is 1. The van der Waals surface area contributed by atoms with Crippen LogP contribution in [-0.2, 0) is 4.74 Å². The Hall–Kier alpha value is -1.66. The Morgan fingerprint density at radius 1 is 1.55 bits per heavy atom. The number of ether oxygens (including phenoxy) is 1. The van der Waals surface area contributed by atoms with Gasteiger partial charge in [0.25, 0.3) is 0 Å². The number of halogens is 1. The zero-order valence-corrected chi connectivity index (χ0v) is 12.9. The Kier molecular flexibility index (Phi) is 3.71. The average molecular weight is 312 g/mol. The molecule has 1 N–H and O–H groups in total. The summed E-state index contributed by atoms with van der Waals surface area (Å²) in [7, 11) is 0. The molecule has 0 radical (unpaired) electrons. The Labute approximate surface area is 127 Å². The van der Waals surface area contributed by atoms with Crippen molar-refractivity contribution in [3.63, 3.8) is 0 Å². The number of fused-ring (bicyclic) bond motifs is 1. The lowest BCUT2D eigenvalue weighted by molar-refractivity contribution is 0.180. The van der Waals surface area contributed by atoms with Crippen LogP contribution >= 0.6 is 23.8 Å². The first-order chi connectivity index (χ1) is 9.23. The van der Waals surface area contributed by atoms with Crippen LogP contribution in [0.4, 0.5) is 16.3 Å². The topological polar surface area (TPSA) is 54.5 Å². The fourth-order valence-electron chi connectivity index (χ4n) is 1.84. The van der Waals surface area contributed by atoms with Crippen molar-refractivity contribution < 1.29 is 9.53 Å². The molecule has 2 heterocycles. The zero-order chi connectivity index (χ0) is 15.1. The monoisotopic (exact) mass is 311 g/mol. The molecule has 106 valence electrons. The fraction of sp³-hybridized carbons (Fsp3) is 0.308. The number of thiocarbonyl (C=S) groups is 1. The molecular formula is C13H14ClN3O2S. The van der Waals surface area contributed by atoms with E-state index in [0.717, 1.165) is 0 Å². The van der Waals surface area contributed by atoms with E-state index in [1.807, 2.05) is 0 Å². The molecule has 0 unspecified atom stereocenters. The molecule has 20 heavy (non-hydrogen) atoms. The van der Waals surface area contributed by atoms with Gasteiger partial charge in [-0.05, 0) is 32.9 Å². The van der Waals surface area contributed by atoms with Crippen molar-refractivity contribution in [1.82, 2.24) is 4.98 Å². The van der Waals surface area contributed by atoms with E-state index in [9.17, 15) is 4.79 Å². The Morgan fingerprint density at radius 2 is 2.20 bits per heavy atom. The molecule has 2 rings (SSSR count). The number of carbonyl (C=O) groups excluding carboxylic acids is 1. The van der Waals surface area contributed by atoms with E-state index in [0.29, 0.717) is 22.3 Å². The summed E-state index contributed by atoms with van der Waals surface area (Å²) in [4.78, 5) is 18.4. The molecule has 7 heteroatoms. The lowest BCUT2D eigenvalue weighted by Crippen LogP contribution is -2.58. The Bertz CT molecular complexity index is 616. The normalized spacial score (nSPS) is 16.2. The SMILES string of the molecule is C=C(C)OC(=O)N1c2nc(Cl)ccc2NC(=S)C1(C)C. The van der Waals surface area contributed by atoms with Gasteiger partial charge in [0, 0.05) is 0 Å². The van der Waals surface area contributed by atoms with E-state index < -0.39 is 11.6 Å². The van der Waals surface area contributed by atoms with E-state index in [1.54, 1.807) is 32.9 Å². The maximum absolute atomic E-state index is 12.3. The summed E-state index contributed by atoms with van der Waals surface area (Å²) in [5.41, 5.74) is -0.176. The number of hydrogen-bond acceptors (Lipinski definition) is 4. The molecule has 5 nitrogen and oxygen atoms in total. The predicted octanol–water partition coefficient (Wildman–Crippen LogP) is 3.74. The molecule has 0 fully saturated rings. The summed E-state index contributed by atoms with van der Waals surface area (Å²) in [6.45, 7) is 8.76. The highest BCUT2D eigenvalue weighted by atomic mass is 35.5. The minimum Gasteiger partial charge on any atom is -0.415 e. The Balaban J connectivity index is 2.56. The van der Waals surface area contributed by atoms with Crippen LogP contribution < -0.4 is 10.2 Å². The molecule has 0 aromatic carbocycles. The van der Waals surface area contributed by atoms with E-state index in [2.05, 4.69) is 16.9 Å². The van der Waals surface area contributed by atoms with Gasteiger partial charge < -0.3 is 10.1 Å². The maximum atomic E-state index is 12.3. The van der Waals surface area contributed by atoms with Crippen molar-refractivity contribution in [1.29, 1.82) is 0 Å². The third-order valence-corrected chi connectivity index (χ3v) is 3.67. The second-order valence-corrected chi connectivity index (χ2v) is 5.72. The zero-order valence-electron chi connectivity index (χ0n) is 11.4. The van der Waals surface area contributed by atoms with Gasteiger partial charge in [-0.2, -0.15) is 0 Å². The second kappa shape index (κ2) is 5.03. The second-order valence-electron chi connectivity index (χ2n) is 4.92. The molecule has 0 saturated heterocycles. The van der Waals surface area contributed by atoms with Crippen LogP contribution in [0.15, 0.2) is 24.5 Å². The van der Waals surface area contributed by atoms with Gasteiger partial charge in [-0.15, -0.1) is 0 Å². The van der Waals surface area contributed by atoms with Crippen LogP contribution in [0, 0.1) is 0 Å². The van der Waals surface area contributed by atoms with Crippen molar-refractivity contribution in [2.45, 2.75) is 26.3 Å². The highest BCUT2D eigenvalue weighted by Crippen LogP contribution is 2.37. The lowest BCUT2D eigenvalue weighted by atomic mass is 10.00. The highest BCUT2D eigenvalue weighted by Gasteiger charge is 2.43.